The van der Waals surface area contributed by atoms with Gasteiger partial charge >= 0.3 is 0 Å². The molecule has 156 valence electrons. The number of allylic oxidation sites excluding steroid dienone is 1. The molecular formula is C23H22N6OS. The highest BCUT2D eigenvalue weighted by molar-refractivity contribution is 7.99. The molecule has 2 heterocycles. The zero-order chi connectivity index (χ0) is 22.1. The second kappa shape index (κ2) is 8.28. The molecule has 0 atom stereocenters. The van der Waals surface area contributed by atoms with Gasteiger partial charge in [-0.05, 0) is 25.1 Å². The van der Waals surface area contributed by atoms with Crippen molar-refractivity contribution in [2.24, 2.45) is 7.05 Å². The first-order valence-electron chi connectivity index (χ1n) is 9.75. The summed E-state index contributed by atoms with van der Waals surface area (Å²) in [6, 6.07) is 18.0. The largest absolute Gasteiger partial charge is 0.328 e. The van der Waals surface area contributed by atoms with E-state index in [0.29, 0.717) is 11.0 Å². The number of rotatable bonds is 5. The number of hydrogen-bond acceptors (Lipinski definition) is 7. The molecule has 0 bridgehead atoms. The van der Waals surface area contributed by atoms with Crippen molar-refractivity contribution in [1.82, 2.24) is 14.8 Å². The van der Waals surface area contributed by atoms with Crippen molar-refractivity contribution in [1.29, 1.82) is 5.26 Å². The number of hydrogen-bond donors (Lipinski definition) is 0. The Kier molecular flexibility index (Phi) is 5.53. The van der Waals surface area contributed by atoms with Gasteiger partial charge in [0.1, 0.15) is 17.5 Å². The lowest BCUT2D eigenvalue weighted by Gasteiger charge is -2.19. The van der Waals surface area contributed by atoms with Crippen molar-refractivity contribution in [2.75, 3.05) is 29.6 Å². The first-order valence-corrected chi connectivity index (χ1v) is 10.7. The molecule has 0 fully saturated rings. The highest BCUT2D eigenvalue weighted by atomic mass is 32.2. The van der Waals surface area contributed by atoms with Gasteiger partial charge in [-0.15, -0.1) is 10.2 Å². The smallest absolute Gasteiger partial charge is 0.191 e. The van der Waals surface area contributed by atoms with Crippen LogP contribution in [0.1, 0.15) is 5.56 Å². The number of anilines is 2. The lowest BCUT2D eigenvalue weighted by Crippen LogP contribution is -2.26. The third-order valence-corrected chi connectivity index (χ3v) is 6.32. The van der Waals surface area contributed by atoms with E-state index in [2.05, 4.69) is 16.3 Å². The Morgan fingerprint density at radius 3 is 2.32 bits per heavy atom. The first-order chi connectivity index (χ1) is 14.9. The summed E-state index contributed by atoms with van der Waals surface area (Å²) in [6.45, 7) is 2.03. The molecule has 1 aromatic heterocycles. The summed E-state index contributed by atoms with van der Waals surface area (Å²) in [5.41, 5.74) is 4.17. The average Bonchev–Trinajstić information content (AvgIpc) is 3.26. The highest BCUT2D eigenvalue weighted by Crippen LogP contribution is 2.40. The maximum Gasteiger partial charge on any atom is 0.191 e. The Labute approximate surface area is 185 Å². The van der Waals surface area contributed by atoms with Crippen molar-refractivity contribution in [2.45, 2.75) is 12.1 Å². The van der Waals surface area contributed by atoms with Crippen molar-refractivity contribution in [3.8, 4) is 17.5 Å². The number of fused-ring (bicyclic) bond motifs is 1. The molecule has 7 nitrogen and oxygen atoms in total. The Hall–Kier alpha value is -3.57. The first kappa shape index (κ1) is 20.7. The van der Waals surface area contributed by atoms with Crippen LogP contribution in [0.4, 0.5) is 11.4 Å². The maximum absolute atomic E-state index is 13.0. The van der Waals surface area contributed by atoms with Crippen LogP contribution in [-0.4, -0.2) is 40.4 Å². The molecule has 8 heteroatoms. The molecular weight excluding hydrogens is 408 g/mol. The van der Waals surface area contributed by atoms with Crippen LogP contribution < -0.4 is 9.80 Å². The summed E-state index contributed by atoms with van der Waals surface area (Å²) in [5.74, 6) is 1.19. The second-order valence-electron chi connectivity index (χ2n) is 7.36. The number of nitriles is 1. The number of thioether (sulfide) groups is 1. The third-order valence-electron chi connectivity index (χ3n) is 5.30. The van der Waals surface area contributed by atoms with Crippen LogP contribution in [0.2, 0.25) is 0 Å². The van der Waals surface area contributed by atoms with Crippen LogP contribution in [0, 0.1) is 18.3 Å². The number of carbonyl (C=O) groups is 1. The van der Waals surface area contributed by atoms with Gasteiger partial charge in [-0.3, -0.25) is 4.79 Å². The van der Waals surface area contributed by atoms with Gasteiger partial charge in [0.25, 0.3) is 0 Å². The number of Topliss-reactive ketones (excluding diaryl/α,β-unsaturated/α-hetero) is 1. The number of nitrogens with zero attached hydrogens (tertiary/aromatic N) is 6. The highest BCUT2D eigenvalue weighted by Gasteiger charge is 2.31. The van der Waals surface area contributed by atoms with Crippen molar-refractivity contribution < 1.29 is 4.79 Å². The summed E-state index contributed by atoms with van der Waals surface area (Å²) in [4.78, 5) is 16.8. The lowest BCUT2D eigenvalue weighted by atomic mass is 10.1. The number of carbonyl (C=O) groups excluding carboxylic acids is 1. The lowest BCUT2D eigenvalue weighted by molar-refractivity contribution is -0.112. The van der Waals surface area contributed by atoms with Gasteiger partial charge in [-0.1, -0.05) is 47.7 Å². The average molecular weight is 431 g/mol. The Morgan fingerprint density at radius 1 is 1.03 bits per heavy atom. The van der Waals surface area contributed by atoms with E-state index in [1.807, 2.05) is 91.0 Å². The molecule has 0 unspecified atom stereocenters. The number of benzene rings is 2. The molecule has 0 radical (unpaired) electrons. The standard InChI is InChI=1S/C23H22N6OS/c1-15-8-7-9-16(12-15)21-25-26-23(29(21)4)31-14-20(30)17(13-24)22-27(2)18-10-5-6-11-19(18)28(22)3/h5-12H,14H2,1-4H3. The fourth-order valence-electron chi connectivity index (χ4n) is 3.74. The number of para-hydroxylation sites is 2. The van der Waals surface area contributed by atoms with Crippen LogP contribution in [-0.2, 0) is 11.8 Å². The molecule has 1 aliphatic rings. The molecule has 4 rings (SSSR count). The molecule has 0 saturated heterocycles. The third kappa shape index (κ3) is 3.68. The predicted octanol–water partition coefficient (Wildman–Crippen LogP) is 3.77. The van der Waals surface area contributed by atoms with Gasteiger partial charge < -0.3 is 14.4 Å². The van der Waals surface area contributed by atoms with Gasteiger partial charge in [0, 0.05) is 26.7 Å². The van der Waals surface area contributed by atoms with E-state index in [1.165, 1.54) is 11.8 Å². The normalized spacial score (nSPS) is 12.7. The quantitative estimate of drug-likeness (QED) is 0.346. The SMILES string of the molecule is Cc1cccc(-c2nnc(SCC(=O)C(C#N)=C3N(C)c4ccccc4N3C)n2C)c1. The molecule has 0 N–H and O–H groups in total. The number of aryl methyl sites for hydroxylation is 1. The zero-order valence-corrected chi connectivity index (χ0v) is 18.6. The minimum Gasteiger partial charge on any atom is -0.328 e. The summed E-state index contributed by atoms with van der Waals surface area (Å²) in [6.07, 6.45) is 0. The van der Waals surface area contributed by atoms with Gasteiger partial charge in [0.05, 0.1) is 17.1 Å². The minimum absolute atomic E-state index is 0.101. The fraction of sp³-hybridized carbons (Fsp3) is 0.217. The van der Waals surface area contributed by atoms with Crippen LogP contribution in [0.15, 0.2) is 65.1 Å². The topological polar surface area (TPSA) is 78.0 Å². The van der Waals surface area contributed by atoms with E-state index >= 15 is 0 Å². The van der Waals surface area contributed by atoms with E-state index < -0.39 is 0 Å². The molecule has 0 aliphatic carbocycles. The Bertz CT molecular complexity index is 1210. The summed E-state index contributed by atoms with van der Waals surface area (Å²) < 4.78 is 1.87. The summed E-state index contributed by atoms with van der Waals surface area (Å²) in [7, 11) is 5.61. The molecule has 2 aromatic carbocycles. The zero-order valence-electron chi connectivity index (χ0n) is 17.8. The summed E-state index contributed by atoms with van der Waals surface area (Å²) in [5, 5.41) is 18.9. The van der Waals surface area contributed by atoms with E-state index in [1.54, 1.807) is 0 Å². The van der Waals surface area contributed by atoms with Gasteiger partial charge in [-0.2, -0.15) is 5.26 Å². The number of aromatic nitrogens is 3. The van der Waals surface area contributed by atoms with Gasteiger partial charge in [0.15, 0.2) is 16.8 Å². The molecule has 31 heavy (non-hydrogen) atoms. The number of ketones is 1. The van der Waals surface area contributed by atoms with Gasteiger partial charge in [0.2, 0.25) is 0 Å². The maximum atomic E-state index is 13.0. The summed E-state index contributed by atoms with van der Waals surface area (Å²) >= 11 is 1.28. The van der Waals surface area contributed by atoms with Crippen molar-refractivity contribution in [3.05, 3.63) is 65.5 Å². The molecule has 0 saturated carbocycles. The molecule has 0 spiro atoms. The van der Waals surface area contributed by atoms with Crippen LogP contribution >= 0.6 is 11.8 Å². The molecule has 0 amide bonds. The van der Waals surface area contributed by atoms with Crippen LogP contribution in [0.25, 0.3) is 11.4 Å². The van der Waals surface area contributed by atoms with Gasteiger partial charge in [-0.25, -0.2) is 0 Å². The van der Waals surface area contributed by atoms with Crippen LogP contribution in [0.3, 0.4) is 0 Å². The van der Waals surface area contributed by atoms with E-state index in [9.17, 15) is 10.1 Å². The van der Waals surface area contributed by atoms with Crippen molar-refractivity contribution in [3.63, 3.8) is 0 Å². The van der Waals surface area contributed by atoms with E-state index in [0.717, 1.165) is 28.3 Å². The predicted molar refractivity (Wildman–Crippen MR) is 123 cm³/mol. The fourth-order valence-corrected chi connectivity index (χ4v) is 4.52. The molecule has 3 aromatic rings. The Morgan fingerprint density at radius 2 is 1.71 bits per heavy atom. The minimum atomic E-state index is -0.242. The second-order valence-corrected chi connectivity index (χ2v) is 8.31. The van der Waals surface area contributed by atoms with Crippen LogP contribution in [0.5, 0.6) is 0 Å². The van der Waals surface area contributed by atoms with E-state index in [4.69, 9.17) is 0 Å². The van der Waals surface area contributed by atoms with E-state index in [-0.39, 0.29) is 17.1 Å². The monoisotopic (exact) mass is 430 g/mol. The molecule has 1 aliphatic heterocycles. The Balaban J connectivity index is 1.55. The van der Waals surface area contributed by atoms with Crippen molar-refractivity contribution >= 4 is 28.9 Å².